The van der Waals surface area contributed by atoms with Crippen molar-refractivity contribution in [1.29, 1.82) is 0 Å². The maximum atomic E-state index is 12.9. The van der Waals surface area contributed by atoms with Gasteiger partial charge in [-0.25, -0.2) is 4.39 Å². The fourth-order valence-electron chi connectivity index (χ4n) is 2.18. The molecule has 0 aromatic heterocycles. The topological polar surface area (TPSA) is 17.1 Å². The number of thioether (sulfide) groups is 1. The summed E-state index contributed by atoms with van der Waals surface area (Å²) in [5.74, 6) is 0.0285. The van der Waals surface area contributed by atoms with E-state index in [-0.39, 0.29) is 11.6 Å². The van der Waals surface area contributed by atoms with E-state index in [4.69, 9.17) is 0 Å². The lowest BCUT2D eigenvalue weighted by atomic mass is 10.1. The molecule has 1 nitrogen and oxygen atoms in total. The van der Waals surface area contributed by atoms with Gasteiger partial charge in [0.25, 0.3) is 0 Å². The summed E-state index contributed by atoms with van der Waals surface area (Å²) in [7, 11) is 0. The van der Waals surface area contributed by atoms with Crippen LogP contribution in [0.5, 0.6) is 0 Å². The van der Waals surface area contributed by atoms with Crippen LogP contribution in [0.1, 0.15) is 10.4 Å². The Balaban J connectivity index is 1.77. The molecule has 3 rings (SSSR count). The van der Waals surface area contributed by atoms with E-state index in [0.717, 1.165) is 15.7 Å². The number of halogens is 1. The van der Waals surface area contributed by atoms with Crippen LogP contribution in [-0.4, -0.2) is 11.5 Å². The van der Waals surface area contributed by atoms with E-state index in [2.05, 4.69) is 18.2 Å². The molecule has 0 fully saturated rings. The van der Waals surface area contributed by atoms with Gasteiger partial charge in [0.1, 0.15) is 5.82 Å². The second-order valence-electron chi connectivity index (χ2n) is 4.70. The minimum Gasteiger partial charge on any atom is -0.293 e. The van der Waals surface area contributed by atoms with Crippen LogP contribution in [0.15, 0.2) is 71.6 Å². The Morgan fingerprint density at radius 3 is 2.43 bits per heavy atom. The monoisotopic (exact) mass is 296 g/mol. The minimum absolute atomic E-state index is 0.00735. The quantitative estimate of drug-likeness (QED) is 0.500. The number of benzene rings is 3. The molecule has 0 radical (unpaired) electrons. The van der Waals surface area contributed by atoms with Crippen molar-refractivity contribution >= 4 is 28.3 Å². The van der Waals surface area contributed by atoms with Gasteiger partial charge in [-0.3, -0.25) is 4.79 Å². The molecule has 0 saturated carbocycles. The van der Waals surface area contributed by atoms with Crippen LogP contribution in [0, 0.1) is 5.82 Å². The maximum Gasteiger partial charge on any atom is 0.173 e. The summed E-state index contributed by atoms with van der Waals surface area (Å²) in [6.45, 7) is 0. The average molecular weight is 296 g/mol. The third-order valence-corrected chi connectivity index (χ3v) is 4.35. The molecule has 0 aliphatic heterocycles. The van der Waals surface area contributed by atoms with Gasteiger partial charge in [0, 0.05) is 10.5 Å². The highest BCUT2D eigenvalue weighted by atomic mass is 32.2. The molecule has 3 aromatic rings. The number of carbonyl (C=O) groups is 1. The Morgan fingerprint density at radius 1 is 0.905 bits per heavy atom. The normalized spacial score (nSPS) is 10.7. The smallest absolute Gasteiger partial charge is 0.173 e. The number of ketones is 1. The van der Waals surface area contributed by atoms with E-state index in [1.165, 1.54) is 36.0 Å². The molecule has 104 valence electrons. The molecule has 0 saturated heterocycles. The zero-order chi connectivity index (χ0) is 14.7. The van der Waals surface area contributed by atoms with Gasteiger partial charge >= 0.3 is 0 Å². The zero-order valence-corrected chi connectivity index (χ0v) is 12.1. The van der Waals surface area contributed by atoms with Crippen molar-refractivity contribution in [2.45, 2.75) is 4.90 Å². The number of fused-ring (bicyclic) bond motifs is 1. The van der Waals surface area contributed by atoms with E-state index in [1.54, 1.807) is 0 Å². The summed E-state index contributed by atoms with van der Waals surface area (Å²) in [5.41, 5.74) is 0.545. The van der Waals surface area contributed by atoms with E-state index >= 15 is 0 Å². The molecule has 0 atom stereocenters. The van der Waals surface area contributed by atoms with Crippen LogP contribution in [0.2, 0.25) is 0 Å². The third-order valence-electron chi connectivity index (χ3n) is 3.27. The summed E-state index contributed by atoms with van der Waals surface area (Å²) in [5, 5.41) is 2.31. The number of rotatable bonds is 4. The Hall–Kier alpha value is -2.13. The zero-order valence-electron chi connectivity index (χ0n) is 11.3. The number of hydrogen-bond acceptors (Lipinski definition) is 2. The van der Waals surface area contributed by atoms with Gasteiger partial charge in [-0.15, -0.1) is 11.8 Å². The molecule has 0 heterocycles. The second-order valence-corrected chi connectivity index (χ2v) is 5.71. The first-order valence-electron chi connectivity index (χ1n) is 6.63. The van der Waals surface area contributed by atoms with Crippen molar-refractivity contribution in [3.63, 3.8) is 0 Å². The highest BCUT2D eigenvalue weighted by molar-refractivity contribution is 8.00. The van der Waals surface area contributed by atoms with Gasteiger partial charge < -0.3 is 0 Å². The summed E-state index contributed by atoms with van der Waals surface area (Å²) in [4.78, 5) is 13.2. The maximum absolute atomic E-state index is 12.9. The molecule has 0 spiro atoms. The van der Waals surface area contributed by atoms with Crippen LogP contribution >= 0.6 is 11.8 Å². The van der Waals surface area contributed by atoms with Crippen LogP contribution in [0.25, 0.3) is 10.8 Å². The van der Waals surface area contributed by atoms with Gasteiger partial charge in [0.2, 0.25) is 0 Å². The first kappa shape index (κ1) is 13.8. The van der Waals surface area contributed by atoms with Gasteiger partial charge in [0.05, 0.1) is 5.75 Å². The first-order valence-corrected chi connectivity index (χ1v) is 7.62. The lowest BCUT2D eigenvalue weighted by molar-refractivity contribution is 0.102. The Labute approximate surface area is 126 Å². The molecule has 0 amide bonds. The molecule has 0 unspecified atom stereocenters. The molecule has 3 heteroatoms. The molecule has 0 bridgehead atoms. The molecular weight excluding hydrogens is 283 g/mol. The van der Waals surface area contributed by atoms with Gasteiger partial charge in [0.15, 0.2) is 5.78 Å². The number of Topliss-reactive ketones (excluding diaryl/α,β-unsaturated/α-hetero) is 1. The molecule has 21 heavy (non-hydrogen) atoms. The van der Waals surface area contributed by atoms with Crippen LogP contribution in [0.4, 0.5) is 4.39 Å². The highest BCUT2D eigenvalue weighted by Gasteiger charge is 2.08. The van der Waals surface area contributed by atoms with E-state index in [9.17, 15) is 9.18 Å². The average Bonchev–Trinajstić information content (AvgIpc) is 2.53. The lowest BCUT2D eigenvalue weighted by Gasteiger charge is -2.06. The third kappa shape index (κ3) is 3.14. The minimum atomic E-state index is -0.326. The van der Waals surface area contributed by atoms with Crippen molar-refractivity contribution in [2.75, 3.05) is 5.75 Å². The molecule has 3 aromatic carbocycles. The fourth-order valence-corrected chi connectivity index (χ4v) is 3.15. The van der Waals surface area contributed by atoms with Crippen molar-refractivity contribution < 1.29 is 9.18 Å². The summed E-state index contributed by atoms with van der Waals surface area (Å²) >= 11 is 1.51. The van der Waals surface area contributed by atoms with Crippen LogP contribution in [-0.2, 0) is 0 Å². The fraction of sp³-hybridized carbons (Fsp3) is 0.0556. The van der Waals surface area contributed by atoms with Crippen molar-refractivity contribution in [3.05, 3.63) is 78.1 Å². The van der Waals surface area contributed by atoms with Crippen LogP contribution in [0.3, 0.4) is 0 Å². The van der Waals surface area contributed by atoms with Crippen molar-refractivity contribution in [3.8, 4) is 0 Å². The second kappa shape index (κ2) is 6.10. The molecular formula is C18H13FOS. The van der Waals surface area contributed by atoms with Crippen molar-refractivity contribution in [1.82, 2.24) is 0 Å². The highest BCUT2D eigenvalue weighted by Crippen LogP contribution is 2.28. The van der Waals surface area contributed by atoms with E-state index in [1.807, 2.05) is 24.3 Å². The number of hydrogen-bond donors (Lipinski definition) is 0. The van der Waals surface area contributed by atoms with E-state index in [0.29, 0.717) is 11.3 Å². The molecule has 0 aliphatic rings. The van der Waals surface area contributed by atoms with Gasteiger partial charge in [-0.05, 0) is 41.1 Å². The SMILES string of the molecule is O=C(CSc1cccc2ccccc12)c1ccc(F)cc1. The lowest BCUT2D eigenvalue weighted by Crippen LogP contribution is -2.02. The predicted octanol–water partition coefficient (Wildman–Crippen LogP) is 4.95. The predicted molar refractivity (Wildman–Crippen MR) is 85.4 cm³/mol. The largest absolute Gasteiger partial charge is 0.293 e. The van der Waals surface area contributed by atoms with Crippen molar-refractivity contribution in [2.24, 2.45) is 0 Å². The Morgan fingerprint density at radius 2 is 1.62 bits per heavy atom. The Bertz CT molecular complexity index is 775. The molecule has 0 N–H and O–H groups in total. The molecule has 0 aliphatic carbocycles. The van der Waals surface area contributed by atoms with E-state index < -0.39 is 0 Å². The van der Waals surface area contributed by atoms with Gasteiger partial charge in [-0.2, -0.15) is 0 Å². The number of carbonyl (C=O) groups excluding carboxylic acids is 1. The van der Waals surface area contributed by atoms with Crippen LogP contribution < -0.4 is 0 Å². The standard InChI is InChI=1S/C18H13FOS/c19-15-10-8-14(9-11-15)17(20)12-21-18-7-3-5-13-4-1-2-6-16(13)18/h1-11H,12H2. The van der Waals surface area contributed by atoms with Gasteiger partial charge in [-0.1, -0.05) is 36.4 Å². The first-order chi connectivity index (χ1) is 10.2. The Kier molecular flexibility index (Phi) is 4.02. The summed E-state index contributed by atoms with van der Waals surface area (Å²) in [6.07, 6.45) is 0. The summed E-state index contributed by atoms with van der Waals surface area (Å²) in [6, 6.07) is 19.9. The summed E-state index contributed by atoms with van der Waals surface area (Å²) < 4.78 is 12.9.